The maximum absolute atomic E-state index is 10.9. The molecular weight excluding hydrogens is 266 g/mol. The molecule has 21 heavy (non-hydrogen) atoms. The molecule has 2 heterocycles. The van der Waals surface area contributed by atoms with E-state index in [2.05, 4.69) is 21.2 Å². The van der Waals surface area contributed by atoms with Gasteiger partial charge < -0.3 is 10.1 Å². The SMILES string of the molecule is O=C(O)c1cc(-c2ccc3[nH]c4ccccc4c3c2)n[nH]1. The number of hydrogen-bond donors (Lipinski definition) is 3. The molecule has 2 aromatic carbocycles. The number of H-pyrrole nitrogens is 2. The van der Waals surface area contributed by atoms with Crippen molar-refractivity contribution in [3.05, 3.63) is 54.2 Å². The summed E-state index contributed by atoms with van der Waals surface area (Å²) in [5.74, 6) is -1.01. The van der Waals surface area contributed by atoms with E-state index in [9.17, 15) is 4.79 Å². The lowest BCUT2D eigenvalue weighted by atomic mass is 10.1. The van der Waals surface area contributed by atoms with E-state index in [0.29, 0.717) is 5.69 Å². The van der Waals surface area contributed by atoms with E-state index in [1.54, 1.807) is 6.07 Å². The molecule has 5 nitrogen and oxygen atoms in total. The summed E-state index contributed by atoms with van der Waals surface area (Å²) in [6.45, 7) is 0. The number of aromatic amines is 2. The van der Waals surface area contributed by atoms with Gasteiger partial charge in [0.15, 0.2) is 0 Å². The molecule has 0 saturated heterocycles. The first-order valence-corrected chi connectivity index (χ1v) is 6.52. The number of hydrogen-bond acceptors (Lipinski definition) is 2. The molecule has 102 valence electrons. The Balaban J connectivity index is 1.92. The Morgan fingerprint density at radius 2 is 1.81 bits per heavy atom. The number of carboxylic acids is 1. The molecule has 0 spiro atoms. The highest BCUT2D eigenvalue weighted by Gasteiger charge is 2.11. The molecule has 5 heteroatoms. The van der Waals surface area contributed by atoms with Gasteiger partial charge in [-0.15, -0.1) is 0 Å². The highest BCUT2D eigenvalue weighted by Crippen LogP contribution is 2.29. The van der Waals surface area contributed by atoms with Crippen LogP contribution in [0.2, 0.25) is 0 Å². The predicted octanol–water partition coefficient (Wildman–Crippen LogP) is 3.41. The molecule has 0 fully saturated rings. The fourth-order valence-corrected chi connectivity index (χ4v) is 2.59. The van der Waals surface area contributed by atoms with Crippen LogP contribution < -0.4 is 0 Å². The summed E-state index contributed by atoms with van der Waals surface area (Å²) in [5.41, 5.74) is 3.73. The highest BCUT2D eigenvalue weighted by molar-refractivity contribution is 6.08. The van der Waals surface area contributed by atoms with Gasteiger partial charge in [0.1, 0.15) is 5.69 Å². The molecule has 0 amide bonds. The van der Waals surface area contributed by atoms with Crippen LogP contribution in [0, 0.1) is 0 Å². The molecule has 4 rings (SSSR count). The van der Waals surface area contributed by atoms with Crippen molar-refractivity contribution in [3.8, 4) is 11.3 Å². The fraction of sp³-hybridized carbons (Fsp3) is 0. The van der Waals surface area contributed by atoms with Gasteiger partial charge >= 0.3 is 5.97 Å². The van der Waals surface area contributed by atoms with Gasteiger partial charge in [0, 0.05) is 27.4 Å². The summed E-state index contributed by atoms with van der Waals surface area (Å²) >= 11 is 0. The zero-order valence-electron chi connectivity index (χ0n) is 10.9. The monoisotopic (exact) mass is 277 g/mol. The van der Waals surface area contributed by atoms with Crippen molar-refractivity contribution in [1.29, 1.82) is 0 Å². The lowest BCUT2D eigenvalue weighted by molar-refractivity contribution is 0.0690. The van der Waals surface area contributed by atoms with Crippen LogP contribution in [0.3, 0.4) is 0 Å². The van der Waals surface area contributed by atoms with E-state index in [1.165, 1.54) is 0 Å². The van der Waals surface area contributed by atoms with Crippen LogP contribution in [-0.2, 0) is 0 Å². The van der Waals surface area contributed by atoms with E-state index in [-0.39, 0.29) is 5.69 Å². The Hall–Kier alpha value is -3.08. The second kappa shape index (κ2) is 4.21. The maximum Gasteiger partial charge on any atom is 0.353 e. The minimum Gasteiger partial charge on any atom is -0.477 e. The number of aromatic nitrogens is 3. The van der Waals surface area contributed by atoms with Crippen LogP contribution in [0.15, 0.2) is 48.5 Å². The number of carbonyl (C=O) groups is 1. The lowest BCUT2D eigenvalue weighted by Gasteiger charge is -1.97. The normalized spacial score (nSPS) is 11.2. The maximum atomic E-state index is 10.9. The average Bonchev–Trinajstić information content (AvgIpc) is 3.11. The quantitative estimate of drug-likeness (QED) is 0.525. The molecule has 0 saturated carbocycles. The lowest BCUT2D eigenvalue weighted by Crippen LogP contribution is -1.95. The van der Waals surface area contributed by atoms with E-state index >= 15 is 0 Å². The second-order valence-corrected chi connectivity index (χ2v) is 4.90. The van der Waals surface area contributed by atoms with Gasteiger partial charge in [0.2, 0.25) is 0 Å². The average molecular weight is 277 g/mol. The summed E-state index contributed by atoms with van der Waals surface area (Å²) in [4.78, 5) is 14.3. The highest BCUT2D eigenvalue weighted by atomic mass is 16.4. The van der Waals surface area contributed by atoms with Crippen molar-refractivity contribution in [1.82, 2.24) is 15.2 Å². The van der Waals surface area contributed by atoms with Crippen LogP contribution in [-0.4, -0.2) is 26.3 Å². The van der Waals surface area contributed by atoms with Crippen LogP contribution >= 0.6 is 0 Å². The first-order valence-electron chi connectivity index (χ1n) is 6.52. The molecule has 0 radical (unpaired) electrons. The smallest absolute Gasteiger partial charge is 0.353 e. The Bertz CT molecular complexity index is 981. The van der Waals surface area contributed by atoms with Crippen molar-refractivity contribution >= 4 is 27.8 Å². The van der Waals surface area contributed by atoms with E-state index in [0.717, 1.165) is 27.4 Å². The molecule has 2 aromatic heterocycles. The number of aromatic carboxylic acids is 1. The summed E-state index contributed by atoms with van der Waals surface area (Å²) < 4.78 is 0. The zero-order valence-corrected chi connectivity index (χ0v) is 10.9. The van der Waals surface area contributed by atoms with Crippen LogP contribution in [0.5, 0.6) is 0 Å². The number of rotatable bonds is 2. The number of nitrogens with one attached hydrogen (secondary N) is 2. The van der Waals surface area contributed by atoms with Crippen LogP contribution in [0.1, 0.15) is 10.5 Å². The topological polar surface area (TPSA) is 81.8 Å². The molecule has 3 N–H and O–H groups in total. The van der Waals surface area contributed by atoms with Gasteiger partial charge in [-0.25, -0.2) is 4.79 Å². The largest absolute Gasteiger partial charge is 0.477 e. The standard InChI is InChI=1S/C16H11N3O2/c20-16(21)15-8-14(18-19-15)9-5-6-13-11(7-9)10-3-1-2-4-12(10)17-13/h1-8,17H,(H,18,19)(H,20,21). The molecule has 0 aliphatic rings. The van der Waals surface area contributed by atoms with E-state index in [1.807, 2.05) is 36.4 Å². The van der Waals surface area contributed by atoms with Gasteiger partial charge in [-0.1, -0.05) is 24.3 Å². The van der Waals surface area contributed by atoms with Crippen molar-refractivity contribution < 1.29 is 9.90 Å². The van der Waals surface area contributed by atoms with Gasteiger partial charge in [-0.05, 0) is 24.3 Å². The summed E-state index contributed by atoms with van der Waals surface area (Å²) in [7, 11) is 0. The van der Waals surface area contributed by atoms with E-state index < -0.39 is 5.97 Å². The number of benzene rings is 2. The zero-order chi connectivity index (χ0) is 14.4. The minimum absolute atomic E-state index is 0.0871. The van der Waals surface area contributed by atoms with Gasteiger partial charge in [0.05, 0.1) is 5.69 Å². The van der Waals surface area contributed by atoms with Crippen LogP contribution in [0.4, 0.5) is 0 Å². The third-order valence-corrected chi connectivity index (χ3v) is 3.61. The number of fused-ring (bicyclic) bond motifs is 3. The number of para-hydroxylation sites is 1. The van der Waals surface area contributed by atoms with Gasteiger partial charge in [-0.3, -0.25) is 5.10 Å². The second-order valence-electron chi connectivity index (χ2n) is 4.90. The molecule has 0 aliphatic carbocycles. The fourth-order valence-electron chi connectivity index (χ4n) is 2.59. The first kappa shape index (κ1) is 11.7. The van der Waals surface area contributed by atoms with E-state index in [4.69, 9.17) is 5.11 Å². The van der Waals surface area contributed by atoms with Crippen molar-refractivity contribution in [3.63, 3.8) is 0 Å². The summed E-state index contributed by atoms with van der Waals surface area (Å²) in [6.07, 6.45) is 0. The minimum atomic E-state index is -1.01. The van der Waals surface area contributed by atoms with Gasteiger partial charge in [0.25, 0.3) is 0 Å². The number of nitrogens with zero attached hydrogens (tertiary/aromatic N) is 1. The van der Waals surface area contributed by atoms with Crippen molar-refractivity contribution in [2.45, 2.75) is 0 Å². The Kier molecular flexibility index (Phi) is 2.35. The predicted molar refractivity (Wildman–Crippen MR) is 80.3 cm³/mol. The van der Waals surface area contributed by atoms with Gasteiger partial charge in [-0.2, -0.15) is 5.10 Å². The Morgan fingerprint density at radius 3 is 2.62 bits per heavy atom. The first-order chi connectivity index (χ1) is 10.2. The third kappa shape index (κ3) is 1.79. The van der Waals surface area contributed by atoms with Crippen molar-refractivity contribution in [2.24, 2.45) is 0 Å². The molecular formula is C16H11N3O2. The molecule has 0 atom stereocenters. The Morgan fingerprint density at radius 1 is 1.00 bits per heavy atom. The molecule has 0 unspecified atom stereocenters. The van der Waals surface area contributed by atoms with Crippen molar-refractivity contribution in [2.75, 3.05) is 0 Å². The summed E-state index contributed by atoms with van der Waals surface area (Å²) in [5, 5.41) is 17.8. The molecule has 0 bridgehead atoms. The van der Waals surface area contributed by atoms with Crippen LogP contribution in [0.25, 0.3) is 33.1 Å². The molecule has 4 aromatic rings. The Labute approximate surface area is 119 Å². The third-order valence-electron chi connectivity index (χ3n) is 3.61. The summed E-state index contributed by atoms with van der Waals surface area (Å²) in [6, 6.07) is 15.6. The number of carboxylic acid groups (broad SMARTS) is 1. The molecule has 0 aliphatic heterocycles.